The van der Waals surface area contributed by atoms with Crippen LogP contribution < -0.4 is 10.6 Å². The molecule has 1 aromatic carbocycles. The number of nitrogens with one attached hydrogen (secondary N) is 2. The summed E-state index contributed by atoms with van der Waals surface area (Å²) in [5.41, 5.74) is 1.99. The van der Waals surface area contributed by atoms with Crippen molar-refractivity contribution in [1.82, 2.24) is 10.6 Å². The number of benzene rings is 1. The third-order valence-corrected chi connectivity index (χ3v) is 2.70. The van der Waals surface area contributed by atoms with Crippen molar-refractivity contribution in [3.63, 3.8) is 0 Å². The summed E-state index contributed by atoms with van der Waals surface area (Å²) in [6.45, 7) is 1.98. The summed E-state index contributed by atoms with van der Waals surface area (Å²) in [6, 6.07) is 7.57. The molecule has 0 heterocycles. The Morgan fingerprint density at radius 3 is 2.27 bits per heavy atom. The van der Waals surface area contributed by atoms with Crippen LogP contribution in [-0.4, -0.2) is 31.1 Å². The topological polar surface area (TPSA) is 58.2 Å². The molecule has 0 aliphatic heterocycles. The summed E-state index contributed by atoms with van der Waals surface area (Å²) in [5.74, 6) is -2.32. The molecule has 22 heavy (non-hydrogen) atoms. The van der Waals surface area contributed by atoms with Crippen molar-refractivity contribution >= 4 is 17.9 Å². The molecule has 4 nitrogen and oxygen atoms in total. The smallest absolute Gasteiger partial charge is 0.352 e. The van der Waals surface area contributed by atoms with Gasteiger partial charge >= 0.3 is 12.1 Å². The van der Waals surface area contributed by atoms with E-state index >= 15 is 0 Å². The van der Waals surface area contributed by atoms with Crippen LogP contribution >= 0.6 is 0 Å². The lowest BCUT2D eigenvalue weighted by molar-refractivity contribution is -0.173. The number of hydrogen-bond donors (Lipinski definition) is 2. The molecule has 0 saturated carbocycles. The molecule has 0 bridgehead atoms. The SMILES string of the molecule is Cc1ccc(/C=C/C(=O)NCCCNC(=O)C(F)(F)F)cc1. The lowest BCUT2D eigenvalue weighted by atomic mass is 10.1. The predicted octanol–water partition coefficient (Wildman–Crippen LogP) is 2.19. The second-order valence-corrected chi connectivity index (χ2v) is 4.64. The van der Waals surface area contributed by atoms with Crippen LogP contribution in [0.2, 0.25) is 0 Å². The largest absolute Gasteiger partial charge is 0.471 e. The fraction of sp³-hybridized carbons (Fsp3) is 0.333. The van der Waals surface area contributed by atoms with Gasteiger partial charge in [-0.2, -0.15) is 13.2 Å². The molecule has 120 valence electrons. The number of carbonyl (C=O) groups is 2. The Labute approximate surface area is 126 Å². The van der Waals surface area contributed by atoms with Gasteiger partial charge in [-0.15, -0.1) is 0 Å². The van der Waals surface area contributed by atoms with Gasteiger partial charge in [0.25, 0.3) is 0 Å². The van der Waals surface area contributed by atoms with Crippen molar-refractivity contribution in [2.24, 2.45) is 0 Å². The van der Waals surface area contributed by atoms with Gasteiger partial charge in [0, 0.05) is 19.2 Å². The Kier molecular flexibility index (Phi) is 6.62. The van der Waals surface area contributed by atoms with Gasteiger partial charge in [0.2, 0.25) is 5.91 Å². The molecule has 2 N–H and O–H groups in total. The molecule has 0 aliphatic carbocycles. The van der Waals surface area contributed by atoms with E-state index in [9.17, 15) is 22.8 Å². The van der Waals surface area contributed by atoms with Gasteiger partial charge in [-0.05, 0) is 25.0 Å². The van der Waals surface area contributed by atoms with Crippen LogP contribution in [0.3, 0.4) is 0 Å². The minimum atomic E-state index is -4.87. The summed E-state index contributed by atoms with van der Waals surface area (Å²) < 4.78 is 35.6. The molecule has 0 aromatic heterocycles. The number of amides is 2. The first-order valence-corrected chi connectivity index (χ1v) is 6.66. The van der Waals surface area contributed by atoms with E-state index in [-0.39, 0.29) is 25.4 Å². The highest BCUT2D eigenvalue weighted by Gasteiger charge is 2.38. The van der Waals surface area contributed by atoms with E-state index in [0.717, 1.165) is 11.1 Å². The van der Waals surface area contributed by atoms with Crippen LogP contribution in [0.15, 0.2) is 30.3 Å². The minimum absolute atomic E-state index is 0.152. The number of halogens is 3. The number of alkyl halides is 3. The molecule has 0 unspecified atom stereocenters. The molecule has 0 radical (unpaired) electrons. The molecule has 0 aliphatic rings. The molecular weight excluding hydrogens is 297 g/mol. The summed E-state index contributed by atoms with van der Waals surface area (Å²) in [5, 5.41) is 4.24. The van der Waals surface area contributed by atoms with Crippen LogP contribution in [0.5, 0.6) is 0 Å². The molecule has 7 heteroatoms. The molecule has 1 rings (SSSR count). The van der Waals surface area contributed by atoms with Crippen LogP contribution in [0, 0.1) is 6.92 Å². The Balaban J connectivity index is 2.21. The van der Waals surface area contributed by atoms with Crippen molar-refractivity contribution in [3.8, 4) is 0 Å². The first-order chi connectivity index (χ1) is 10.3. The van der Waals surface area contributed by atoms with Crippen LogP contribution in [0.4, 0.5) is 13.2 Å². The molecule has 0 fully saturated rings. The number of rotatable bonds is 6. The Morgan fingerprint density at radius 2 is 1.68 bits per heavy atom. The number of carbonyl (C=O) groups excluding carboxylic acids is 2. The third kappa shape index (κ3) is 6.92. The van der Waals surface area contributed by atoms with E-state index in [0.29, 0.717) is 0 Å². The Hall–Kier alpha value is -2.31. The van der Waals surface area contributed by atoms with Crippen molar-refractivity contribution in [2.45, 2.75) is 19.5 Å². The van der Waals surface area contributed by atoms with Gasteiger partial charge < -0.3 is 10.6 Å². The van der Waals surface area contributed by atoms with E-state index in [2.05, 4.69) is 5.32 Å². The summed E-state index contributed by atoms with van der Waals surface area (Å²) in [4.78, 5) is 22.0. The van der Waals surface area contributed by atoms with Gasteiger partial charge in [0.05, 0.1) is 0 Å². The van der Waals surface area contributed by atoms with Crippen LogP contribution in [-0.2, 0) is 9.59 Å². The zero-order chi connectivity index (χ0) is 16.6. The lowest BCUT2D eigenvalue weighted by Crippen LogP contribution is -2.38. The summed E-state index contributed by atoms with van der Waals surface area (Å²) >= 11 is 0. The Bertz CT molecular complexity index is 537. The molecule has 0 spiro atoms. The van der Waals surface area contributed by atoms with Gasteiger partial charge in [-0.25, -0.2) is 0 Å². The maximum absolute atomic E-state index is 11.9. The summed E-state index contributed by atoms with van der Waals surface area (Å²) in [7, 11) is 0. The average molecular weight is 314 g/mol. The van der Waals surface area contributed by atoms with Gasteiger partial charge in [-0.3, -0.25) is 9.59 Å². The van der Waals surface area contributed by atoms with Crippen molar-refractivity contribution in [1.29, 1.82) is 0 Å². The van der Waals surface area contributed by atoms with E-state index in [4.69, 9.17) is 0 Å². The maximum Gasteiger partial charge on any atom is 0.471 e. The minimum Gasteiger partial charge on any atom is -0.352 e. The number of aryl methyl sites for hydroxylation is 1. The fourth-order valence-electron chi connectivity index (χ4n) is 1.51. The fourth-order valence-corrected chi connectivity index (χ4v) is 1.51. The third-order valence-electron chi connectivity index (χ3n) is 2.70. The normalized spacial score (nSPS) is 11.5. The zero-order valence-electron chi connectivity index (χ0n) is 12.0. The lowest BCUT2D eigenvalue weighted by Gasteiger charge is -2.07. The average Bonchev–Trinajstić information content (AvgIpc) is 2.45. The van der Waals surface area contributed by atoms with E-state index in [1.165, 1.54) is 6.08 Å². The standard InChI is InChI=1S/C15H17F3N2O2/c1-11-3-5-12(6-4-11)7-8-13(21)19-9-2-10-20-14(22)15(16,17)18/h3-8H,2,9-10H2,1H3,(H,19,21)(H,20,22)/b8-7+. The van der Waals surface area contributed by atoms with Crippen LogP contribution in [0.1, 0.15) is 17.5 Å². The maximum atomic E-state index is 11.9. The summed E-state index contributed by atoms with van der Waals surface area (Å²) in [6.07, 6.45) is -1.68. The van der Waals surface area contributed by atoms with E-state index in [1.807, 2.05) is 31.2 Å². The number of hydrogen-bond acceptors (Lipinski definition) is 2. The van der Waals surface area contributed by atoms with Crippen LogP contribution in [0.25, 0.3) is 6.08 Å². The zero-order valence-corrected chi connectivity index (χ0v) is 12.0. The van der Waals surface area contributed by atoms with Crippen molar-refractivity contribution in [3.05, 3.63) is 41.5 Å². The second-order valence-electron chi connectivity index (χ2n) is 4.64. The van der Waals surface area contributed by atoms with Gasteiger partial charge in [-0.1, -0.05) is 29.8 Å². The molecule has 1 aromatic rings. The highest BCUT2D eigenvalue weighted by Crippen LogP contribution is 2.13. The first kappa shape index (κ1) is 17.7. The molecule has 0 atom stereocenters. The molecule has 0 saturated heterocycles. The predicted molar refractivity (Wildman–Crippen MR) is 76.9 cm³/mol. The molecule has 2 amide bonds. The highest BCUT2D eigenvalue weighted by atomic mass is 19.4. The van der Waals surface area contributed by atoms with Crippen molar-refractivity contribution in [2.75, 3.05) is 13.1 Å². The van der Waals surface area contributed by atoms with Gasteiger partial charge in [0.15, 0.2) is 0 Å². The quantitative estimate of drug-likeness (QED) is 0.625. The second kappa shape index (κ2) is 8.21. The Morgan fingerprint density at radius 1 is 1.09 bits per heavy atom. The van der Waals surface area contributed by atoms with E-state index in [1.54, 1.807) is 11.4 Å². The van der Waals surface area contributed by atoms with E-state index < -0.39 is 12.1 Å². The molecular formula is C15H17F3N2O2. The highest BCUT2D eigenvalue weighted by molar-refractivity contribution is 5.91. The van der Waals surface area contributed by atoms with Gasteiger partial charge in [0.1, 0.15) is 0 Å². The first-order valence-electron chi connectivity index (χ1n) is 6.66. The van der Waals surface area contributed by atoms with Crippen molar-refractivity contribution < 1.29 is 22.8 Å². The monoisotopic (exact) mass is 314 g/mol.